The molecule has 1 saturated heterocycles. The number of sulfonamides is 1. The maximum atomic E-state index is 13.7. The Labute approximate surface area is 222 Å². The zero-order valence-corrected chi connectivity index (χ0v) is 22.3. The molecule has 3 aromatic rings. The van der Waals surface area contributed by atoms with Gasteiger partial charge in [-0.2, -0.15) is 4.72 Å². The number of hydrogen-bond donors (Lipinski definition) is 1. The van der Waals surface area contributed by atoms with E-state index in [0.29, 0.717) is 31.9 Å². The summed E-state index contributed by atoms with van der Waals surface area (Å²) in [6.45, 7) is 2.12. The number of anilines is 1. The predicted octanol–water partition coefficient (Wildman–Crippen LogP) is 3.60. The molecule has 0 unspecified atom stereocenters. The number of carbonyl (C=O) groups excluding carboxylic acids is 1. The highest BCUT2D eigenvalue weighted by Crippen LogP contribution is 2.29. The third-order valence-electron chi connectivity index (χ3n) is 6.33. The van der Waals surface area contributed by atoms with Gasteiger partial charge in [0, 0.05) is 26.2 Å². The second-order valence-corrected chi connectivity index (χ2v) is 10.8. The molecule has 37 heavy (non-hydrogen) atoms. The number of piperazine rings is 1. The molecule has 196 valence electrons. The smallest absolute Gasteiger partial charge is 0.241 e. The van der Waals surface area contributed by atoms with Crippen LogP contribution in [0.2, 0.25) is 5.02 Å². The lowest BCUT2D eigenvalue weighted by molar-refractivity contribution is -0.133. The molecule has 4 rings (SSSR count). The fraction of sp³-hybridized carbons (Fsp3) is 0.296. The highest BCUT2D eigenvalue weighted by Gasteiger charge is 2.32. The number of halogens is 1. The lowest BCUT2D eigenvalue weighted by Gasteiger charge is -2.38. The molecule has 1 fully saturated rings. The van der Waals surface area contributed by atoms with Crippen molar-refractivity contribution in [2.24, 2.45) is 0 Å². The summed E-state index contributed by atoms with van der Waals surface area (Å²) < 4.78 is 39.8. The molecule has 0 aromatic heterocycles. The van der Waals surface area contributed by atoms with E-state index in [0.717, 1.165) is 17.0 Å². The number of carbonyl (C=O) groups is 1. The molecule has 1 amide bonds. The predicted molar refractivity (Wildman–Crippen MR) is 144 cm³/mol. The topological polar surface area (TPSA) is 88.2 Å². The molecule has 1 aliphatic rings. The van der Waals surface area contributed by atoms with Crippen LogP contribution in [0, 0.1) is 0 Å². The van der Waals surface area contributed by atoms with Gasteiger partial charge in [0.1, 0.15) is 17.5 Å². The summed E-state index contributed by atoms with van der Waals surface area (Å²) in [5.74, 6) is 0.868. The van der Waals surface area contributed by atoms with Crippen molar-refractivity contribution in [1.29, 1.82) is 0 Å². The van der Waals surface area contributed by atoms with Gasteiger partial charge >= 0.3 is 0 Å². The summed E-state index contributed by atoms with van der Waals surface area (Å²) in [6.07, 6.45) is 0.218. The van der Waals surface area contributed by atoms with E-state index in [4.69, 9.17) is 21.1 Å². The Morgan fingerprint density at radius 3 is 2.22 bits per heavy atom. The number of rotatable bonds is 9. The minimum Gasteiger partial charge on any atom is -0.495 e. The molecular formula is C27H30ClN3O5S. The van der Waals surface area contributed by atoms with Crippen molar-refractivity contribution in [1.82, 2.24) is 9.62 Å². The average Bonchev–Trinajstić information content (AvgIpc) is 2.92. The van der Waals surface area contributed by atoms with Crippen molar-refractivity contribution >= 4 is 33.2 Å². The molecule has 1 atom stereocenters. The fourth-order valence-corrected chi connectivity index (χ4v) is 5.92. The largest absolute Gasteiger partial charge is 0.495 e. The number of nitrogens with one attached hydrogen (secondary N) is 1. The number of ether oxygens (including phenoxy) is 2. The van der Waals surface area contributed by atoms with Crippen molar-refractivity contribution < 1.29 is 22.7 Å². The third-order valence-corrected chi connectivity index (χ3v) is 8.09. The standard InChI is InChI=1S/C27H30ClN3O5S/c1-35-25-13-12-21(19-22(25)28)37(33,34)29-23(18-20-8-4-3-5-9-20)27(32)31-16-14-30(15-17-31)24-10-6-7-11-26(24)36-2/h3-13,19,23,29H,14-18H2,1-2H3/t23-/m1/s1. The molecule has 8 nitrogen and oxygen atoms in total. The van der Waals surface area contributed by atoms with Crippen LogP contribution in [-0.4, -0.2) is 65.7 Å². The first-order valence-corrected chi connectivity index (χ1v) is 13.7. The van der Waals surface area contributed by atoms with E-state index in [9.17, 15) is 13.2 Å². The van der Waals surface area contributed by atoms with Crippen molar-refractivity contribution in [2.75, 3.05) is 45.3 Å². The van der Waals surface area contributed by atoms with Crippen LogP contribution in [0.15, 0.2) is 77.7 Å². The first kappa shape index (κ1) is 26.8. The van der Waals surface area contributed by atoms with Gasteiger partial charge < -0.3 is 19.3 Å². The van der Waals surface area contributed by atoms with Crippen molar-refractivity contribution in [3.05, 3.63) is 83.4 Å². The molecule has 1 N–H and O–H groups in total. The quantitative estimate of drug-likeness (QED) is 0.444. The van der Waals surface area contributed by atoms with Gasteiger partial charge in [-0.05, 0) is 42.3 Å². The van der Waals surface area contributed by atoms with Crippen LogP contribution in [0.3, 0.4) is 0 Å². The maximum absolute atomic E-state index is 13.7. The lowest BCUT2D eigenvalue weighted by atomic mass is 10.1. The van der Waals surface area contributed by atoms with E-state index >= 15 is 0 Å². The molecule has 3 aromatic carbocycles. The molecule has 0 bridgehead atoms. The van der Waals surface area contributed by atoms with E-state index in [2.05, 4.69) is 9.62 Å². The molecule has 0 spiro atoms. The number of hydrogen-bond acceptors (Lipinski definition) is 6. The lowest BCUT2D eigenvalue weighted by Crippen LogP contribution is -2.55. The SMILES string of the molecule is COc1ccc(S(=O)(=O)N[C@H](Cc2ccccc2)C(=O)N2CCN(c3ccccc3OC)CC2)cc1Cl. The van der Waals surface area contributed by atoms with Crippen LogP contribution in [0.1, 0.15) is 5.56 Å². The van der Waals surface area contributed by atoms with Crippen LogP contribution >= 0.6 is 11.6 Å². The number of methoxy groups -OCH3 is 2. The van der Waals surface area contributed by atoms with Crippen LogP contribution < -0.4 is 19.1 Å². The summed E-state index contributed by atoms with van der Waals surface area (Å²) >= 11 is 6.17. The van der Waals surface area contributed by atoms with Gasteiger partial charge in [0.05, 0.1) is 29.8 Å². The summed E-state index contributed by atoms with van der Waals surface area (Å²) in [5.41, 5.74) is 1.82. The Bertz CT molecular complexity index is 1330. The molecule has 1 aliphatic heterocycles. The highest BCUT2D eigenvalue weighted by molar-refractivity contribution is 7.89. The van der Waals surface area contributed by atoms with Gasteiger partial charge in [-0.1, -0.05) is 54.1 Å². The van der Waals surface area contributed by atoms with Gasteiger partial charge in [0.15, 0.2) is 0 Å². The average molecular weight is 544 g/mol. The second kappa shape index (κ2) is 11.9. The van der Waals surface area contributed by atoms with Gasteiger partial charge in [0.25, 0.3) is 0 Å². The van der Waals surface area contributed by atoms with Crippen LogP contribution in [0.5, 0.6) is 11.5 Å². The fourth-order valence-electron chi connectivity index (χ4n) is 4.38. The van der Waals surface area contributed by atoms with Crippen molar-refractivity contribution in [3.63, 3.8) is 0 Å². The van der Waals surface area contributed by atoms with Gasteiger partial charge in [-0.3, -0.25) is 4.79 Å². The normalized spacial score (nSPS) is 14.8. The Balaban J connectivity index is 1.53. The molecule has 0 radical (unpaired) electrons. The molecule has 1 heterocycles. The molecule has 10 heteroatoms. The molecule has 0 saturated carbocycles. The van der Waals surface area contributed by atoms with Crippen LogP contribution in [0.4, 0.5) is 5.69 Å². The van der Waals surface area contributed by atoms with Crippen LogP contribution in [0.25, 0.3) is 0 Å². The zero-order valence-electron chi connectivity index (χ0n) is 20.8. The van der Waals surface area contributed by atoms with Gasteiger partial charge in [-0.25, -0.2) is 8.42 Å². The number of para-hydroxylation sites is 2. The summed E-state index contributed by atoms with van der Waals surface area (Å²) in [5, 5.41) is 0.170. The monoisotopic (exact) mass is 543 g/mol. The number of amides is 1. The Hall–Kier alpha value is -3.27. The number of nitrogens with zero attached hydrogens (tertiary/aromatic N) is 2. The molecular weight excluding hydrogens is 514 g/mol. The molecule has 0 aliphatic carbocycles. The first-order valence-electron chi connectivity index (χ1n) is 11.9. The Morgan fingerprint density at radius 1 is 0.919 bits per heavy atom. The minimum atomic E-state index is -4.04. The second-order valence-electron chi connectivity index (χ2n) is 8.64. The minimum absolute atomic E-state index is 0.0369. The van der Waals surface area contributed by atoms with Crippen molar-refractivity contribution in [3.8, 4) is 11.5 Å². The van der Waals surface area contributed by atoms with Crippen LogP contribution in [-0.2, 0) is 21.2 Å². The van der Waals surface area contributed by atoms with E-state index in [1.807, 2.05) is 54.6 Å². The first-order chi connectivity index (χ1) is 17.8. The van der Waals surface area contributed by atoms with Gasteiger partial charge in [0.2, 0.25) is 15.9 Å². The van der Waals surface area contributed by atoms with Crippen molar-refractivity contribution in [2.45, 2.75) is 17.4 Å². The third kappa shape index (κ3) is 6.36. The van der Waals surface area contributed by atoms with E-state index in [-0.39, 0.29) is 22.2 Å². The Kier molecular flexibility index (Phi) is 8.58. The highest BCUT2D eigenvalue weighted by atomic mass is 35.5. The van der Waals surface area contributed by atoms with E-state index in [1.54, 1.807) is 12.0 Å². The number of benzene rings is 3. The van der Waals surface area contributed by atoms with Gasteiger partial charge in [-0.15, -0.1) is 0 Å². The van der Waals surface area contributed by atoms with E-state index in [1.165, 1.54) is 25.3 Å². The maximum Gasteiger partial charge on any atom is 0.241 e. The Morgan fingerprint density at radius 2 is 1.57 bits per heavy atom. The zero-order chi connectivity index (χ0) is 26.4. The summed E-state index contributed by atoms with van der Waals surface area (Å²) in [6, 6.07) is 20.3. The van der Waals surface area contributed by atoms with E-state index < -0.39 is 16.1 Å². The summed E-state index contributed by atoms with van der Waals surface area (Å²) in [7, 11) is -0.950. The summed E-state index contributed by atoms with van der Waals surface area (Å²) in [4.78, 5) is 17.5.